The molecule has 0 saturated heterocycles. The molecule has 14 heteroatoms. The van der Waals surface area contributed by atoms with Crippen molar-refractivity contribution < 1.29 is 58.9 Å². The first-order chi connectivity index (χ1) is 14.2. The van der Waals surface area contributed by atoms with E-state index < -0.39 is 55.6 Å². The Morgan fingerprint density at radius 1 is 1.00 bits per heavy atom. The van der Waals surface area contributed by atoms with Gasteiger partial charge in [-0.05, 0) is 24.6 Å². The molecule has 0 aliphatic carbocycles. The van der Waals surface area contributed by atoms with Crippen molar-refractivity contribution in [1.82, 2.24) is 0 Å². The van der Waals surface area contributed by atoms with Crippen LogP contribution in [0.2, 0.25) is 0 Å². The summed E-state index contributed by atoms with van der Waals surface area (Å²) in [6.07, 6.45) is -6.56. The summed E-state index contributed by atoms with van der Waals surface area (Å²) in [6, 6.07) is 4.43. The van der Waals surface area contributed by atoms with Gasteiger partial charge in [0.1, 0.15) is 0 Å². The number of hydrogen-bond acceptors (Lipinski definition) is 5. The predicted molar refractivity (Wildman–Crippen MR) is 92.0 cm³/mol. The number of rotatable bonds is 11. The highest BCUT2D eigenvalue weighted by atomic mass is 79.9. The van der Waals surface area contributed by atoms with Crippen molar-refractivity contribution in [3.8, 4) is 11.5 Å². The van der Waals surface area contributed by atoms with E-state index in [4.69, 9.17) is 9.47 Å². The number of halogens is 9. The number of benzene rings is 1. The minimum absolute atomic E-state index is 0.0418. The van der Waals surface area contributed by atoms with Gasteiger partial charge in [0, 0.05) is 17.3 Å². The highest BCUT2D eigenvalue weighted by Gasteiger charge is 2.75. The quantitative estimate of drug-likeness (QED) is 0.222. The highest BCUT2D eigenvalue weighted by Crippen LogP contribution is 2.48. The Balaban J connectivity index is 2.53. The zero-order chi connectivity index (χ0) is 24.0. The van der Waals surface area contributed by atoms with Gasteiger partial charge in [0.25, 0.3) is 0 Å². The van der Waals surface area contributed by atoms with Crippen molar-refractivity contribution in [1.29, 1.82) is 0 Å². The van der Waals surface area contributed by atoms with Crippen LogP contribution in [0.4, 0.5) is 35.1 Å². The lowest BCUT2D eigenvalue weighted by molar-refractivity contribution is -0.344. The van der Waals surface area contributed by atoms with Crippen LogP contribution in [0.15, 0.2) is 22.7 Å². The normalized spacial score (nSPS) is 12.6. The molecule has 0 spiro atoms. The topological polar surface area (TPSA) is 61.8 Å². The fourth-order valence-electron chi connectivity index (χ4n) is 1.99. The van der Waals surface area contributed by atoms with Gasteiger partial charge >= 0.3 is 36.1 Å². The number of methoxy groups -OCH3 is 1. The van der Waals surface area contributed by atoms with Crippen molar-refractivity contribution >= 4 is 27.9 Å². The number of carbonyl (C=O) groups excluding carboxylic acids is 2. The van der Waals surface area contributed by atoms with Gasteiger partial charge in [-0.2, -0.15) is 26.3 Å². The van der Waals surface area contributed by atoms with E-state index in [0.717, 1.165) is 0 Å². The molecule has 0 bridgehead atoms. The van der Waals surface area contributed by atoms with Gasteiger partial charge in [-0.3, -0.25) is 9.59 Å². The van der Waals surface area contributed by atoms with Crippen molar-refractivity contribution in [2.75, 3.05) is 13.7 Å². The summed E-state index contributed by atoms with van der Waals surface area (Å²) >= 11 is 3.17. The molecule has 5 nitrogen and oxygen atoms in total. The van der Waals surface area contributed by atoms with Crippen molar-refractivity contribution in [3.05, 3.63) is 22.7 Å². The van der Waals surface area contributed by atoms with Gasteiger partial charge < -0.3 is 14.2 Å². The first-order valence-corrected chi connectivity index (χ1v) is 9.06. The van der Waals surface area contributed by atoms with E-state index >= 15 is 0 Å². The number of hydrogen-bond donors (Lipinski definition) is 0. The van der Waals surface area contributed by atoms with Crippen LogP contribution in [0.3, 0.4) is 0 Å². The monoisotopic (exact) mass is 530 g/mol. The second kappa shape index (κ2) is 10.5. The average molecular weight is 531 g/mol. The second-order valence-corrected chi connectivity index (χ2v) is 6.90. The molecule has 0 heterocycles. The standard InChI is InChI=1S/C17H15BrF8O5/c1-29-11-7-9(18)5-6-10(11)31-13(28)4-2-3-12(27)30-8-15(21,22)17(25,26)16(23,24)14(19)20/h5-7,14H,2-4,8H2,1H3. The lowest BCUT2D eigenvalue weighted by Crippen LogP contribution is -2.59. The van der Waals surface area contributed by atoms with E-state index in [0.29, 0.717) is 4.47 Å². The maximum absolute atomic E-state index is 13.3. The molecule has 176 valence electrons. The van der Waals surface area contributed by atoms with Gasteiger partial charge in [-0.15, -0.1) is 0 Å². The van der Waals surface area contributed by atoms with Crippen LogP contribution in [0.25, 0.3) is 0 Å². The van der Waals surface area contributed by atoms with E-state index in [-0.39, 0.29) is 17.9 Å². The van der Waals surface area contributed by atoms with Gasteiger partial charge in [-0.1, -0.05) is 15.9 Å². The van der Waals surface area contributed by atoms with E-state index in [2.05, 4.69) is 20.7 Å². The maximum Gasteiger partial charge on any atom is 0.381 e. The maximum atomic E-state index is 13.3. The fourth-order valence-corrected chi connectivity index (χ4v) is 2.33. The third kappa shape index (κ3) is 6.68. The van der Waals surface area contributed by atoms with Crippen LogP contribution in [-0.4, -0.2) is 49.8 Å². The first kappa shape index (κ1) is 26.9. The lowest BCUT2D eigenvalue weighted by Gasteiger charge is -2.31. The smallest absolute Gasteiger partial charge is 0.381 e. The number of alkyl halides is 8. The summed E-state index contributed by atoms with van der Waals surface area (Å²) in [5.41, 5.74) is 0. The third-order valence-electron chi connectivity index (χ3n) is 3.68. The minimum atomic E-state index is -6.47. The summed E-state index contributed by atoms with van der Waals surface area (Å²) in [5, 5.41) is 0. The first-order valence-electron chi connectivity index (χ1n) is 8.27. The Kier molecular flexibility index (Phi) is 9.08. The summed E-state index contributed by atoms with van der Waals surface area (Å²) in [7, 11) is 1.31. The van der Waals surface area contributed by atoms with Gasteiger partial charge in [0.15, 0.2) is 18.1 Å². The SMILES string of the molecule is COc1cc(Br)ccc1OC(=O)CCCC(=O)OCC(F)(F)C(F)(F)C(F)(F)C(F)F. The predicted octanol–water partition coefficient (Wildman–Crippen LogP) is 5.25. The van der Waals surface area contributed by atoms with Crippen LogP contribution in [0.1, 0.15) is 19.3 Å². The Morgan fingerprint density at radius 3 is 2.13 bits per heavy atom. The summed E-state index contributed by atoms with van der Waals surface area (Å²) < 4.78 is 116. The Morgan fingerprint density at radius 2 is 1.58 bits per heavy atom. The third-order valence-corrected chi connectivity index (χ3v) is 4.17. The summed E-state index contributed by atoms with van der Waals surface area (Å²) in [4.78, 5) is 23.1. The molecular formula is C17H15BrF8O5. The molecule has 0 N–H and O–H groups in total. The highest BCUT2D eigenvalue weighted by molar-refractivity contribution is 9.10. The van der Waals surface area contributed by atoms with Crippen LogP contribution in [0, 0.1) is 0 Å². The van der Waals surface area contributed by atoms with E-state index in [9.17, 15) is 44.7 Å². The molecule has 0 fully saturated rings. The number of esters is 2. The molecule has 0 amide bonds. The number of ether oxygens (including phenoxy) is 3. The van der Waals surface area contributed by atoms with Crippen molar-refractivity contribution in [2.45, 2.75) is 43.5 Å². The lowest BCUT2D eigenvalue weighted by atomic mass is 10.1. The molecule has 0 atom stereocenters. The van der Waals surface area contributed by atoms with Gasteiger partial charge in [0.2, 0.25) is 0 Å². The van der Waals surface area contributed by atoms with E-state index in [1.807, 2.05) is 0 Å². The van der Waals surface area contributed by atoms with Crippen LogP contribution < -0.4 is 9.47 Å². The molecular weight excluding hydrogens is 516 g/mol. The van der Waals surface area contributed by atoms with Crippen molar-refractivity contribution in [3.63, 3.8) is 0 Å². The van der Waals surface area contributed by atoms with Gasteiger partial charge in [-0.25, -0.2) is 8.78 Å². The molecule has 31 heavy (non-hydrogen) atoms. The average Bonchev–Trinajstić information content (AvgIpc) is 2.67. The molecule has 0 radical (unpaired) electrons. The van der Waals surface area contributed by atoms with Crippen LogP contribution in [-0.2, 0) is 14.3 Å². The fraction of sp³-hybridized carbons (Fsp3) is 0.529. The summed E-state index contributed by atoms with van der Waals surface area (Å²) in [6.45, 7) is -2.55. The minimum Gasteiger partial charge on any atom is -0.493 e. The molecule has 0 saturated carbocycles. The summed E-state index contributed by atoms with van der Waals surface area (Å²) in [5.74, 6) is -20.7. The van der Waals surface area contributed by atoms with Crippen LogP contribution in [0.5, 0.6) is 11.5 Å². The zero-order valence-electron chi connectivity index (χ0n) is 15.6. The zero-order valence-corrected chi connectivity index (χ0v) is 17.2. The Bertz CT molecular complexity index is 788. The second-order valence-electron chi connectivity index (χ2n) is 5.99. The Hall–Kier alpha value is -2.12. The van der Waals surface area contributed by atoms with E-state index in [1.165, 1.54) is 25.3 Å². The number of carbonyl (C=O) groups is 2. The van der Waals surface area contributed by atoms with Gasteiger partial charge in [0.05, 0.1) is 7.11 Å². The molecule has 0 unspecified atom stereocenters. The molecule has 1 aromatic rings. The van der Waals surface area contributed by atoms with Crippen LogP contribution >= 0.6 is 15.9 Å². The Labute approximate surface area is 178 Å². The molecule has 1 aromatic carbocycles. The van der Waals surface area contributed by atoms with Crippen molar-refractivity contribution in [2.24, 2.45) is 0 Å². The van der Waals surface area contributed by atoms with E-state index in [1.54, 1.807) is 0 Å². The molecule has 1 rings (SSSR count). The molecule has 0 aliphatic rings. The molecule has 0 aliphatic heterocycles. The molecule has 0 aromatic heterocycles. The largest absolute Gasteiger partial charge is 0.493 e.